The summed E-state index contributed by atoms with van der Waals surface area (Å²) in [6.07, 6.45) is 4.16. The van der Waals surface area contributed by atoms with Gasteiger partial charge >= 0.3 is 0 Å². The zero-order valence-corrected chi connectivity index (χ0v) is 10.3. The first-order valence-electron chi connectivity index (χ1n) is 5.37. The van der Waals surface area contributed by atoms with Crippen LogP contribution in [0.2, 0.25) is 0 Å². The minimum atomic E-state index is -3.31. The topological polar surface area (TPSA) is 75.4 Å². The highest BCUT2D eigenvalue weighted by molar-refractivity contribution is 7.87. The first kappa shape index (κ1) is 12.9. The third-order valence-electron chi connectivity index (χ3n) is 2.99. The molecule has 0 spiro atoms. The predicted octanol–water partition coefficient (Wildman–Crippen LogP) is -0.100. The van der Waals surface area contributed by atoms with E-state index in [1.54, 1.807) is 0 Å². The molecule has 1 fully saturated rings. The molecule has 2 unspecified atom stereocenters. The molecule has 0 aromatic rings. The van der Waals surface area contributed by atoms with Crippen molar-refractivity contribution in [3.63, 3.8) is 0 Å². The molecule has 3 N–H and O–H groups in total. The molecule has 0 aromatic carbocycles. The van der Waals surface area contributed by atoms with Crippen LogP contribution in [0, 0.1) is 5.92 Å². The van der Waals surface area contributed by atoms with Crippen molar-refractivity contribution < 1.29 is 8.42 Å². The summed E-state index contributed by atoms with van der Waals surface area (Å²) in [6, 6.07) is 0.0103. The Morgan fingerprint density at radius 3 is 2.47 bits per heavy atom. The molecule has 15 heavy (non-hydrogen) atoms. The van der Waals surface area contributed by atoms with Gasteiger partial charge in [0.05, 0.1) is 0 Å². The zero-order valence-electron chi connectivity index (χ0n) is 9.44. The van der Waals surface area contributed by atoms with Crippen LogP contribution in [0.4, 0.5) is 0 Å². The third-order valence-corrected chi connectivity index (χ3v) is 4.55. The van der Waals surface area contributed by atoms with Gasteiger partial charge in [-0.05, 0) is 25.3 Å². The summed E-state index contributed by atoms with van der Waals surface area (Å²) in [5.41, 5.74) is 5.64. The minimum absolute atomic E-state index is 0.0103. The van der Waals surface area contributed by atoms with Gasteiger partial charge in [-0.3, -0.25) is 0 Å². The van der Waals surface area contributed by atoms with E-state index in [1.165, 1.54) is 18.4 Å². The standard InChI is InChI=1S/C9H21N3O2S/c1-12(2)15(13,14)11-9-6-4-3-5-8(9)7-10/h8-9,11H,3-7,10H2,1-2H3. The van der Waals surface area contributed by atoms with Crippen LogP contribution >= 0.6 is 0 Å². The van der Waals surface area contributed by atoms with Crippen molar-refractivity contribution in [2.24, 2.45) is 11.7 Å². The number of hydrogen-bond acceptors (Lipinski definition) is 3. The van der Waals surface area contributed by atoms with Gasteiger partial charge in [0.2, 0.25) is 0 Å². The summed E-state index contributed by atoms with van der Waals surface area (Å²) in [5, 5.41) is 0. The van der Waals surface area contributed by atoms with Crippen LogP contribution in [0.15, 0.2) is 0 Å². The smallest absolute Gasteiger partial charge is 0.279 e. The van der Waals surface area contributed by atoms with E-state index in [0.29, 0.717) is 6.54 Å². The average molecular weight is 235 g/mol. The summed E-state index contributed by atoms with van der Waals surface area (Å²) >= 11 is 0. The lowest BCUT2D eigenvalue weighted by molar-refractivity contribution is 0.292. The lowest BCUT2D eigenvalue weighted by atomic mass is 9.85. The molecule has 0 saturated heterocycles. The first-order chi connectivity index (χ1) is 6.97. The van der Waals surface area contributed by atoms with Crippen molar-refractivity contribution in [2.75, 3.05) is 20.6 Å². The Morgan fingerprint density at radius 2 is 1.93 bits per heavy atom. The van der Waals surface area contributed by atoms with Crippen LogP contribution in [0.1, 0.15) is 25.7 Å². The quantitative estimate of drug-likeness (QED) is 0.714. The molecular formula is C9H21N3O2S. The van der Waals surface area contributed by atoms with E-state index >= 15 is 0 Å². The molecule has 0 aromatic heterocycles. The summed E-state index contributed by atoms with van der Waals surface area (Å²) in [4.78, 5) is 0. The lowest BCUT2D eigenvalue weighted by Gasteiger charge is -2.31. The molecule has 0 amide bonds. The van der Waals surface area contributed by atoms with Gasteiger partial charge in [-0.1, -0.05) is 12.8 Å². The van der Waals surface area contributed by atoms with Crippen molar-refractivity contribution in [2.45, 2.75) is 31.7 Å². The maximum absolute atomic E-state index is 11.6. The number of nitrogens with two attached hydrogens (primary N) is 1. The Kier molecular flexibility index (Phi) is 4.51. The van der Waals surface area contributed by atoms with Gasteiger partial charge in [-0.25, -0.2) is 0 Å². The van der Waals surface area contributed by atoms with Gasteiger partial charge in [0.25, 0.3) is 10.2 Å². The van der Waals surface area contributed by atoms with Crippen molar-refractivity contribution in [1.82, 2.24) is 9.03 Å². The second-order valence-electron chi connectivity index (χ2n) is 4.29. The molecule has 1 aliphatic carbocycles. The summed E-state index contributed by atoms with van der Waals surface area (Å²) in [5.74, 6) is 0.286. The first-order valence-corrected chi connectivity index (χ1v) is 6.81. The monoisotopic (exact) mass is 235 g/mol. The van der Waals surface area contributed by atoms with E-state index in [4.69, 9.17) is 5.73 Å². The van der Waals surface area contributed by atoms with Crippen molar-refractivity contribution in [3.8, 4) is 0 Å². The molecule has 1 rings (SSSR count). The molecule has 5 nitrogen and oxygen atoms in total. The van der Waals surface area contributed by atoms with Crippen LogP contribution in [0.25, 0.3) is 0 Å². The maximum atomic E-state index is 11.6. The number of rotatable bonds is 4. The third kappa shape index (κ3) is 3.41. The Bertz CT molecular complexity index is 290. The van der Waals surface area contributed by atoms with Crippen molar-refractivity contribution in [3.05, 3.63) is 0 Å². The fourth-order valence-corrected chi connectivity index (χ4v) is 2.85. The molecule has 90 valence electrons. The van der Waals surface area contributed by atoms with E-state index in [-0.39, 0.29) is 12.0 Å². The fourth-order valence-electron chi connectivity index (χ4n) is 1.94. The van der Waals surface area contributed by atoms with E-state index in [9.17, 15) is 8.42 Å². The molecule has 0 heterocycles. The zero-order chi connectivity index (χ0) is 11.5. The van der Waals surface area contributed by atoms with Crippen LogP contribution in [0.3, 0.4) is 0 Å². The predicted molar refractivity (Wildman–Crippen MR) is 60.5 cm³/mol. The maximum Gasteiger partial charge on any atom is 0.279 e. The number of nitrogens with zero attached hydrogens (tertiary/aromatic N) is 1. The highest BCUT2D eigenvalue weighted by Gasteiger charge is 2.28. The molecule has 0 aliphatic heterocycles. The van der Waals surface area contributed by atoms with Gasteiger partial charge in [-0.2, -0.15) is 17.4 Å². The molecule has 0 radical (unpaired) electrons. The van der Waals surface area contributed by atoms with Gasteiger partial charge in [-0.15, -0.1) is 0 Å². The summed E-state index contributed by atoms with van der Waals surface area (Å²) in [7, 11) is -0.252. The Morgan fingerprint density at radius 1 is 1.33 bits per heavy atom. The van der Waals surface area contributed by atoms with Crippen LogP contribution in [-0.4, -0.2) is 39.4 Å². The van der Waals surface area contributed by atoms with Gasteiger partial charge < -0.3 is 5.73 Å². The Balaban J connectivity index is 2.63. The van der Waals surface area contributed by atoms with Gasteiger partial charge in [0.1, 0.15) is 0 Å². The van der Waals surface area contributed by atoms with E-state index in [0.717, 1.165) is 25.7 Å². The summed E-state index contributed by atoms with van der Waals surface area (Å²) in [6.45, 7) is 0.556. The van der Waals surface area contributed by atoms with Crippen LogP contribution < -0.4 is 10.5 Å². The second-order valence-corrected chi connectivity index (χ2v) is 6.21. The normalized spacial score (nSPS) is 28.3. The van der Waals surface area contributed by atoms with Crippen LogP contribution in [-0.2, 0) is 10.2 Å². The molecule has 1 aliphatic rings. The van der Waals surface area contributed by atoms with Crippen LogP contribution in [0.5, 0.6) is 0 Å². The summed E-state index contributed by atoms with van der Waals surface area (Å²) < 4.78 is 27.2. The molecule has 2 atom stereocenters. The average Bonchev–Trinajstić information content (AvgIpc) is 2.18. The highest BCUT2D eigenvalue weighted by atomic mass is 32.2. The minimum Gasteiger partial charge on any atom is -0.330 e. The Hall–Kier alpha value is -0.170. The SMILES string of the molecule is CN(C)S(=O)(=O)NC1CCCCC1CN. The second kappa shape index (κ2) is 5.25. The fraction of sp³-hybridized carbons (Fsp3) is 1.00. The number of hydrogen-bond donors (Lipinski definition) is 2. The van der Waals surface area contributed by atoms with Crippen molar-refractivity contribution in [1.29, 1.82) is 0 Å². The van der Waals surface area contributed by atoms with Crippen molar-refractivity contribution >= 4 is 10.2 Å². The molecular weight excluding hydrogens is 214 g/mol. The van der Waals surface area contributed by atoms with Gasteiger partial charge in [0, 0.05) is 20.1 Å². The molecule has 0 bridgehead atoms. The van der Waals surface area contributed by atoms with E-state index < -0.39 is 10.2 Å². The molecule has 1 saturated carbocycles. The Labute approximate surface area is 92.2 Å². The van der Waals surface area contributed by atoms with E-state index in [2.05, 4.69) is 4.72 Å². The van der Waals surface area contributed by atoms with Gasteiger partial charge in [0.15, 0.2) is 0 Å². The molecule has 6 heteroatoms. The largest absolute Gasteiger partial charge is 0.330 e. The number of nitrogens with one attached hydrogen (secondary N) is 1. The lowest BCUT2D eigenvalue weighted by Crippen LogP contribution is -2.48. The highest BCUT2D eigenvalue weighted by Crippen LogP contribution is 2.24. The van der Waals surface area contributed by atoms with E-state index in [1.807, 2.05) is 0 Å².